The number of nitrogens with zero attached hydrogens (tertiary/aromatic N) is 2. The van der Waals surface area contributed by atoms with Gasteiger partial charge in [0, 0.05) is 12.5 Å². The fourth-order valence-electron chi connectivity index (χ4n) is 2.79. The second kappa shape index (κ2) is 7.65. The Labute approximate surface area is 154 Å². The molecule has 7 heteroatoms. The van der Waals surface area contributed by atoms with Crippen LogP contribution in [0.1, 0.15) is 25.2 Å². The Bertz CT molecular complexity index is 1050. The molecule has 2 aromatic carbocycles. The van der Waals surface area contributed by atoms with Crippen LogP contribution in [0.3, 0.4) is 0 Å². The van der Waals surface area contributed by atoms with E-state index in [0.717, 1.165) is 22.4 Å². The van der Waals surface area contributed by atoms with E-state index in [9.17, 15) is 18.4 Å². The lowest BCUT2D eigenvalue weighted by Crippen LogP contribution is -2.37. The Morgan fingerprint density at radius 2 is 1.81 bits per heavy atom. The molecule has 0 atom stereocenters. The van der Waals surface area contributed by atoms with E-state index in [4.69, 9.17) is 0 Å². The van der Waals surface area contributed by atoms with Gasteiger partial charge in [0.05, 0.1) is 17.3 Å². The maximum absolute atomic E-state index is 13.6. The number of hydrogen-bond donors (Lipinski definition) is 1. The van der Waals surface area contributed by atoms with Crippen molar-refractivity contribution in [3.63, 3.8) is 0 Å². The summed E-state index contributed by atoms with van der Waals surface area (Å²) >= 11 is 0. The summed E-state index contributed by atoms with van der Waals surface area (Å²) in [6.45, 7) is 3.86. The molecule has 0 bridgehead atoms. The molecule has 0 aliphatic heterocycles. The van der Waals surface area contributed by atoms with Gasteiger partial charge in [-0.05, 0) is 17.5 Å². The zero-order valence-corrected chi connectivity index (χ0v) is 15.0. The SMILES string of the molecule is CC(C)Cc1nc2cc(F)c(F)cc2c(=O)n1NC(=O)Cc1ccccc1. The highest BCUT2D eigenvalue weighted by atomic mass is 19.2. The van der Waals surface area contributed by atoms with E-state index in [2.05, 4.69) is 10.4 Å². The first-order valence-corrected chi connectivity index (χ1v) is 8.59. The topological polar surface area (TPSA) is 64.0 Å². The molecular formula is C20H19F2N3O2. The number of carbonyl (C=O) groups is 1. The second-order valence-corrected chi connectivity index (χ2v) is 6.75. The minimum absolute atomic E-state index is 0.0584. The molecule has 0 aliphatic carbocycles. The van der Waals surface area contributed by atoms with Crippen molar-refractivity contribution in [3.05, 3.63) is 75.8 Å². The van der Waals surface area contributed by atoms with E-state index >= 15 is 0 Å². The number of fused-ring (bicyclic) bond motifs is 1. The van der Waals surface area contributed by atoms with Crippen LogP contribution in [0.2, 0.25) is 0 Å². The summed E-state index contributed by atoms with van der Waals surface area (Å²) < 4.78 is 28.1. The first kappa shape index (κ1) is 18.7. The van der Waals surface area contributed by atoms with Crippen molar-refractivity contribution < 1.29 is 13.6 Å². The van der Waals surface area contributed by atoms with Crippen LogP contribution in [0, 0.1) is 17.6 Å². The molecule has 3 aromatic rings. The third kappa shape index (κ3) is 4.19. The summed E-state index contributed by atoms with van der Waals surface area (Å²) in [6, 6.07) is 10.8. The molecule has 140 valence electrons. The highest BCUT2D eigenvalue weighted by Gasteiger charge is 2.17. The van der Waals surface area contributed by atoms with Gasteiger partial charge in [0.2, 0.25) is 5.91 Å². The number of rotatable bonds is 5. The van der Waals surface area contributed by atoms with Crippen molar-refractivity contribution >= 4 is 16.8 Å². The number of benzene rings is 2. The van der Waals surface area contributed by atoms with Crippen molar-refractivity contribution in [2.75, 3.05) is 5.43 Å². The average molecular weight is 371 g/mol. The third-order valence-corrected chi connectivity index (χ3v) is 4.01. The minimum atomic E-state index is -1.14. The van der Waals surface area contributed by atoms with Crippen molar-refractivity contribution in [1.29, 1.82) is 0 Å². The highest BCUT2D eigenvalue weighted by molar-refractivity contribution is 5.86. The van der Waals surface area contributed by atoms with Crippen LogP contribution in [0.25, 0.3) is 10.9 Å². The number of amides is 1. The molecule has 1 N–H and O–H groups in total. The van der Waals surface area contributed by atoms with Gasteiger partial charge in [0.15, 0.2) is 11.6 Å². The van der Waals surface area contributed by atoms with Crippen molar-refractivity contribution in [3.8, 4) is 0 Å². The molecule has 0 saturated carbocycles. The number of halogens is 2. The standard InChI is InChI=1S/C20H19F2N3O2/c1-12(2)8-18-23-17-11-16(22)15(21)10-14(17)20(27)25(18)24-19(26)9-13-6-4-3-5-7-13/h3-7,10-12H,8-9H2,1-2H3,(H,24,26). The van der Waals surface area contributed by atoms with Gasteiger partial charge in [-0.1, -0.05) is 44.2 Å². The van der Waals surface area contributed by atoms with Gasteiger partial charge in [-0.3, -0.25) is 15.0 Å². The number of nitrogens with one attached hydrogen (secondary N) is 1. The van der Waals surface area contributed by atoms with Gasteiger partial charge < -0.3 is 0 Å². The summed E-state index contributed by atoms with van der Waals surface area (Å²) in [5, 5.41) is -0.0959. The van der Waals surface area contributed by atoms with Gasteiger partial charge >= 0.3 is 0 Å². The Hall–Kier alpha value is -3.09. The predicted octanol–water partition coefficient (Wildman–Crippen LogP) is 3.19. The van der Waals surface area contributed by atoms with Gasteiger partial charge in [-0.15, -0.1) is 0 Å². The van der Waals surface area contributed by atoms with Crippen molar-refractivity contribution in [1.82, 2.24) is 9.66 Å². The van der Waals surface area contributed by atoms with Crippen LogP contribution < -0.4 is 11.0 Å². The van der Waals surface area contributed by atoms with Gasteiger partial charge in [0.25, 0.3) is 5.56 Å². The predicted molar refractivity (Wildman–Crippen MR) is 99.0 cm³/mol. The lowest BCUT2D eigenvalue weighted by atomic mass is 10.1. The Kier molecular flexibility index (Phi) is 5.30. The largest absolute Gasteiger partial charge is 0.280 e. The van der Waals surface area contributed by atoms with E-state index in [0.29, 0.717) is 6.42 Å². The molecule has 3 rings (SSSR count). The fourth-order valence-corrected chi connectivity index (χ4v) is 2.79. The van der Waals surface area contributed by atoms with E-state index in [-0.39, 0.29) is 29.1 Å². The van der Waals surface area contributed by atoms with E-state index < -0.39 is 23.1 Å². The van der Waals surface area contributed by atoms with Crippen molar-refractivity contribution in [2.24, 2.45) is 5.92 Å². The number of carbonyl (C=O) groups excluding carboxylic acids is 1. The maximum atomic E-state index is 13.6. The first-order chi connectivity index (χ1) is 12.8. The summed E-state index contributed by atoms with van der Waals surface area (Å²) in [4.78, 5) is 29.5. The van der Waals surface area contributed by atoms with E-state index in [1.54, 1.807) is 12.1 Å². The Balaban J connectivity index is 2.03. The highest BCUT2D eigenvalue weighted by Crippen LogP contribution is 2.15. The van der Waals surface area contributed by atoms with Crippen LogP contribution >= 0.6 is 0 Å². The second-order valence-electron chi connectivity index (χ2n) is 6.75. The van der Waals surface area contributed by atoms with Gasteiger partial charge in [-0.2, -0.15) is 0 Å². The third-order valence-electron chi connectivity index (χ3n) is 4.01. The normalized spacial score (nSPS) is 11.1. The maximum Gasteiger partial charge on any atom is 0.280 e. The zero-order chi connectivity index (χ0) is 19.6. The molecule has 0 radical (unpaired) electrons. The number of hydrogen-bond acceptors (Lipinski definition) is 3. The molecular weight excluding hydrogens is 352 g/mol. The van der Waals surface area contributed by atoms with Crippen LogP contribution in [-0.2, 0) is 17.6 Å². The molecule has 0 spiro atoms. The molecule has 1 amide bonds. The minimum Gasteiger partial charge on any atom is -0.273 e. The van der Waals surface area contributed by atoms with Crippen LogP contribution in [0.4, 0.5) is 8.78 Å². The summed E-state index contributed by atoms with van der Waals surface area (Å²) in [6.07, 6.45) is 0.458. The molecule has 27 heavy (non-hydrogen) atoms. The molecule has 1 heterocycles. The summed E-state index contributed by atoms with van der Waals surface area (Å²) in [5.74, 6) is -2.19. The smallest absolute Gasteiger partial charge is 0.273 e. The van der Waals surface area contributed by atoms with Crippen LogP contribution in [0.15, 0.2) is 47.3 Å². The Morgan fingerprint density at radius 1 is 1.15 bits per heavy atom. The van der Waals surface area contributed by atoms with Gasteiger partial charge in [-0.25, -0.2) is 18.4 Å². The molecule has 0 unspecified atom stereocenters. The van der Waals surface area contributed by atoms with E-state index in [1.165, 1.54) is 0 Å². The first-order valence-electron chi connectivity index (χ1n) is 8.59. The average Bonchev–Trinajstić information content (AvgIpc) is 2.61. The molecule has 5 nitrogen and oxygen atoms in total. The summed E-state index contributed by atoms with van der Waals surface area (Å²) in [7, 11) is 0. The quantitative estimate of drug-likeness (QED) is 0.749. The van der Waals surface area contributed by atoms with Gasteiger partial charge in [0.1, 0.15) is 5.82 Å². The lowest BCUT2D eigenvalue weighted by molar-refractivity contribution is -0.116. The number of aromatic nitrogens is 2. The lowest BCUT2D eigenvalue weighted by Gasteiger charge is -2.16. The van der Waals surface area contributed by atoms with Crippen LogP contribution in [-0.4, -0.2) is 15.6 Å². The van der Waals surface area contributed by atoms with E-state index in [1.807, 2.05) is 32.0 Å². The molecule has 0 saturated heterocycles. The van der Waals surface area contributed by atoms with Crippen LogP contribution in [0.5, 0.6) is 0 Å². The molecule has 0 fully saturated rings. The van der Waals surface area contributed by atoms with Crippen molar-refractivity contribution in [2.45, 2.75) is 26.7 Å². The zero-order valence-electron chi connectivity index (χ0n) is 15.0. The monoisotopic (exact) mass is 371 g/mol. The Morgan fingerprint density at radius 3 is 2.48 bits per heavy atom. The fraction of sp³-hybridized carbons (Fsp3) is 0.250. The summed E-state index contributed by atoms with van der Waals surface area (Å²) in [5.41, 5.74) is 2.75. The molecule has 1 aromatic heterocycles. The molecule has 0 aliphatic rings.